The molecule has 144 valence electrons. The second kappa shape index (κ2) is 7.80. The zero-order chi connectivity index (χ0) is 18.8. The van der Waals surface area contributed by atoms with E-state index in [0.717, 1.165) is 23.8 Å². The molecule has 0 bridgehead atoms. The Labute approximate surface area is 159 Å². The smallest absolute Gasteiger partial charge is 0.223 e. The molecule has 2 heterocycles. The SMILES string of the molecule is Cn1cc2c(n1)C(COCC1CC1)CN(C(=O)CCc1ccccc1F)C2. The molecule has 1 aliphatic carbocycles. The van der Waals surface area contributed by atoms with E-state index >= 15 is 0 Å². The van der Waals surface area contributed by atoms with E-state index in [-0.39, 0.29) is 17.6 Å². The van der Waals surface area contributed by atoms with Crippen LogP contribution in [0.5, 0.6) is 0 Å². The molecule has 0 radical (unpaired) electrons. The van der Waals surface area contributed by atoms with Crippen molar-refractivity contribution >= 4 is 5.91 Å². The van der Waals surface area contributed by atoms with Crippen LogP contribution < -0.4 is 0 Å². The lowest BCUT2D eigenvalue weighted by atomic mass is 9.96. The van der Waals surface area contributed by atoms with Crippen molar-refractivity contribution in [1.29, 1.82) is 0 Å². The van der Waals surface area contributed by atoms with Crippen LogP contribution >= 0.6 is 0 Å². The summed E-state index contributed by atoms with van der Waals surface area (Å²) in [5.74, 6) is 0.631. The summed E-state index contributed by atoms with van der Waals surface area (Å²) in [5, 5.41) is 4.59. The average molecular weight is 371 g/mol. The highest BCUT2D eigenvalue weighted by atomic mass is 19.1. The molecule has 1 unspecified atom stereocenters. The summed E-state index contributed by atoms with van der Waals surface area (Å²) in [5.41, 5.74) is 2.73. The second-order valence-corrected chi connectivity index (χ2v) is 7.76. The van der Waals surface area contributed by atoms with Gasteiger partial charge in [-0.2, -0.15) is 5.10 Å². The number of hydrogen-bond acceptors (Lipinski definition) is 3. The lowest BCUT2D eigenvalue weighted by Crippen LogP contribution is -2.39. The van der Waals surface area contributed by atoms with E-state index in [1.165, 1.54) is 18.9 Å². The number of nitrogens with zero attached hydrogens (tertiary/aromatic N) is 3. The molecule has 0 saturated heterocycles. The minimum Gasteiger partial charge on any atom is -0.380 e. The Morgan fingerprint density at radius 1 is 1.30 bits per heavy atom. The van der Waals surface area contributed by atoms with Crippen LogP contribution in [0.4, 0.5) is 4.39 Å². The van der Waals surface area contributed by atoms with Crippen LogP contribution in [0, 0.1) is 11.7 Å². The van der Waals surface area contributed by atoms with E-state index in [9.17, 15) is 9.18 Å². The summed E-state index contributed by atoms with van der Waals surface area (Å²) in [6.07, 6.45) is 5.25. The van der Waals surface area contributed by atoms with E-state index in [4.69, 9.17) is 4.74 Å². The molecule has 6 heteroatoms. The van der Waals surface area contributed by atoms with E-state index in [1.54, 1.807) is 18.2 Å². The monoisotopic (exact) mass is 371 g/mol. The van der Waals surface area contributed by atoms with Gasteiger partial charge in [0, 0.05) is 50.8 Å². The standard InChI is InChI=1S/C21H26FN3O2/c1-24-10-17-11-25(20(26)9-8-16-4-2-3-5-19(16)22)12-18(21(17)23-24)14-27-13-15-6-7-15/h2-5,10,15,18H,6-9,11-14H2,1H3. The van der Waals surface area contributed by atoms with Crippen LogP contribution in [0.25, 0.3) is 0 Å². The molecule has 1 fully saturated rings. The quantitative estimate of drug-likeness (QED) is 0.752. The molecule has 1 saturated carbocycles. The van der Waals surface area contributed by atoms with Crippen molar-refractivity contribution in [2.45, 2.75) is 38.1 Å². The Hall–Kier alpha value is -2.21. The van der Waals surface area contributed by atoms with Gasteiger partial charge in [-0.25, -0.2) is 4.39 Å². The molecule has 0 N–H and O–H groups in total. The maximum Gasteiger partial charge on any atom is 0.223 e. The lowest BCUT2D eigenvalue weighted by Gasteiger charge is -2.32. The van der Waals surface area contributed by atoms with Gasteiger partial charge in [-0.15, -0.1) is 0 Å². The molecule has 27 heavy (non-hydrogen) atoms. The Balaban J connectivity index is 1.39. The first-order valence-corrected chi connectivity index (χ1v) is 9.71. The van der Waals surface area contributed by atoms with Crippen LogP contribution in [0.1, 0.15) is 42.0 Å². The van der Waals surface area contributed by atoms with Gasteiger partial charge in [-0.1, -0.05) is 18.2 Å². The molecule has 1 aromatic heterocycles. The van der Waals surface area contributed by atoms with Crippen molar-refractivity contribution in [3.05, 3.63) is 53.1 Å². The number of carbonyl (C=O) groups is 1. The Kier molecular flexibility index (Phi) is 5.25. The van der Waals surface area contributed by atoms with Crippen molar-refractivity contribution in [2.75, 3.05) is 19.8 Å². The zero-order valence-electron chi connectivity index (χ0n) is 15.7. The van der Waals surface area contributed by atoms with Crippen LogP contribution in [-0.4, -0.2) is 40.3 Å². The maximum atomic E-state index is 13.8. The van der Waals surface area contributed by atoms with Gasteiger partial charge in [-0.3, -0.25) is 9.48 Å². The number of aromatic nitrogens is 2. The van der Waals surface area contributed by atoms with Gasteiger partial charge in [-0.05, 0) is 36.8 Å². The first kappa shape index (κ1) is 18.2. The van der Waals surface area contributed by atoms with E-state index in [1.807, 2.05) is 22.8 Å². The number of aryl methyl sites for hydroxylation is 2. The number of rotatable bonds is 7. The number of amides is 1. The third kappa shape index (κ3) is 4.38. The largest absolute Gasteiger partial charge is 0.380 e. The predicted molar refractivity (Wildman–Crippen MR) is 99.6 cm³/mol. The molecular weight excluding hydrogens is 345 g/mol. The topological polar surface area (TPSA) is 47.4 Å². The molecule has 1 aliphatic heterocycles. The highest BCUT2D eigenvalue weighted by molar-refractivity contribution is 5.77. The summed E-state index contributed by atoms with van der Waals surface area (Å²) >= 11 is 0. The molecular formula is C21H26FN3O2. The Bertz CT molecular complexity index is 816. The molecule has 1 amide bonds. The third-order valence-corrected chi connectivity index (χ3v) is 5.41. The van der Waals surface area contributed by atoms with Gasteiger partial charge in [0.05, 0.1) is 12.3 Å². The zero-order valence-corrected chi connectivity index (χ0v) is 15.7. The summed E-state index contributed by atoms with van der Waals surface area (Å²) in [7, 11) is 1.91. The van der Waals surface area contributed by atoms with E-state index in [2.05, 4.69) is 5.10 Å². The summed E-state index contributed by atoms with van der Waals surface area (Å²) in [6.45, 7) is 2.58. The van der Waals surface area contributed by atoms with Crippen molar-refractivity contribution in [2.24, 2.45) is 13.0 Å². The molecule has 4 rings (SSSR count). The van der Waals surface area contributed by atoms with E-state index < -0.39 is 0 Å². The van der Waals surface area contributed by atoms with Crippen molar-refractivity contribution in [3.63, 3.8) is 0 Å². The average Bonchev–Trinajstić information content (AvgIpc) is 3.39. The molecule has 5 nitrogen and oxygen atoms in total. The van der Waals surface area contributed by atoms with Crippen molar-refractivity contribution in [1.82, 2.24) is 14.7 Å². The summed E-state index contributed by atoms with van der Waals surface area (Å²) in [4.78, 5) is 14.6. The fourth-order valence-corrected chi connectivity index (χ4v) is 3.73. The van der Waals surface area contributed by atoms with Crippen LogP contribution in [-0.2, 0) is 29.5 Å². The lowest BCUT2D eigenvalue weighted by molar-refractivity contribution is -0.132. The highest BCUT2D eigenvalue weighted by Gasteiger charge is 2.31. The van der Waals surface area contributed by atoms with Gasteiger partial charge in [0.2, 0.25) is 5.91 Å². The van der Waals surface area contributed by atoms with Gasteiger partial charge in [0.15, 0.2) is 0 Å². The first-order valence-electron chi connectivity index (χ1n) is 9.71. The number of carbonyl (C=O) groups excluding carboxylic acids is 1. The fourth-order valence-electron chi connectivity index (χ4n) is 3.73. The van der Waals surface area contributed by atoms with Gasteiger partial charge in [0.25, 0.3) is 0 Å². The minimum absolute atomic E-state index is 0.0555. The predicted octanol–water partition coefficient (Wildman–Crippen LogP) is 3.04. The van der Waals surface area contributed by atoms with Crippen LogP contribution in [0.2, 0.25) is 0 Å². The number of fused-ring (bicyclic) bond motifs is 1. The Morgan fingerprint density at radius 2 is 2.11 bits per heavy atom. The molecule has 2 aromatic rings. The van der Waals surface area contributed by atoms with Gasteiger partial charge < -0.3 is 9.64 Å². The number of halogens is 1. The third-order valence-electron chi connectivity index (χ3n) is 5.41. The normalized spacial score (nSPS) is 19.2. The molecule has 2 aliphatic rings. The summed E-state index contributed by atoms with van der Waals surface area (Å²) < 4.78 is 21.5. The number of hydrogen-bond donors (Lipinski definition) is 0. The summed E-state index contributed by atoms with van der Waals surface area (Å²) in [6, 6.07) is 6.66. The second-order valence-electron chi connectivity index (χ2n) is 7.76. The van der Waals surface area contributed by atoms with Crippen molar-refractivity contribution < 1.29 is 13.9 Å². The highest BCUT2D eigenvalue weighted by Crippen LogP contribution is 2.31. The fraction of sp³-hybridized carbons (Fsp3) is 0.524. The molecule has 1 atom stereocenters. The molecule has 1 aromatic carbocycles. The molecule has 0 spiro atoms. The van der Waals surface area contributed by atoms with Crippen LogP contribution in [0.15, 0.2) is 30.5 Å². The minimum atomic E-state index is -0.246. The maximum absolute atomic E-state index is 13.8. The number of benzene rings is 1. The van der Waals surface area contributed by atoms with Crippen molar-refractivity contribution in [3.8, 4) is 0 Å². The van der Waals surface area contributed by atoms with Crippen LogP contribution in [0.3, 0.4) is 0 Å². The first-order chi connectivity index (χ1) is 13.1. The van der Waals surface area contributed by atoms with Gasteiger partial charge in [0.1, 0.15) is 5.82 Å². The van der Waals surface area contributed by atoms with E-state index in [0.29, 0.717) is 38.1 Å². The number of ether oxygens (including phenoxy) is 1. The van der Waals surface area contributed by atoms with Gasteiger partial charge >= 0.3 is 0 Å². The Morgan fingerprint density at radius 3 is 2.89 bits per heavy atom.